The van der Waals surface area contributed by atoms with Crippen molar-refractivity contribution in [3.8, 4) is 0 Å². The lowest BCUT2D eigenvalue weighted by atomic mass is 9.67. The van der Waals surface area contributed by atoms with Gasteiger partial charge in [0, 0.05) is 17.8 Å². The summed E-state index contributed by atoms with van der Waals surface area (Å²) in [5, 5.41) is 5.64. The standard InChI is InChI=1S/C20H28FN3O2S.ClH/c1-12(27-11-18(25)23-17-7-5-15(21)6-8-17)20(26)24-19-13-3-2-4-14(19)10-16(22)9-13;/h5-8,12-14,16,19H,2-4,9-11,22H2,1H3,(H,23,25)(H,24,26);1H. The van der Waals surface area contributed by atoms with Gasteiger partial charge in [-0.1, -0.05) is 6.42 Å². The van der Waals surface area contributed by atoms with E-state index in [1.165, 1.54) is 42.4 Å². The summed E-state index contributed by atoms with van der Waals surface area (Å²) >= 11 is 1.31. The lowest BCUT2D eigenvalue weighted by Crippen LogP contribution is -2.55. The molecule has 2 aliphatic rings. The minimum atomic E-state index is -0.346. The zero-order valence-corrected chi connectivity index (χ0v) is 17.7. The second-order valence-electron chi connectivity index (χ2n) is 7.73. The zero-order valence-electron chi connectivity index (χ0n) is 16.0. The monoisotopic (exact) mass is 429 g/mol. The van der Waals surface area contributed by atoms with Gasteiger partial charge in [-0.15, -0.1) is 24.2 Å². The van der Waals surface area contributed by atoms with E-state index in [0.29, 0.717) is 17.5 Å². The lowest BCUT2D eigenvalue weighted by molar-refractivity contribution is -0.122. The van der Waals surface area contributed by atoms with Crippen LogP contribution in [0, 0.1) is 17.7 Å². The number of halogens is 2. The van der Waals surface area contributed by atoms with Gasteiger partial charge in [0.2, 0.25) is 11.8 Å². The number of fused-ring (bicyclic) bond motifs is 2. The van der Waals surface area contributed by atoms with Crippen LogP contribution in [0.3, 0.4) is 0 Å². The first-order valence-corrected chi connectivity index (χ1v) is 10.7. The van der Waals surface area contributed by atoms with Gasteiger partial charge in [0.25, 0.3) is 0 Å². The summed E-state index contributed by atoms with van der Waals surface area (Å²) < 4.78 is 12.9. The van der Waals surface area contributed by atoms with Gasteiger partial charge in [0.05, 0.1) is 11.0 Å². The number of nitrogens with two attached hydrogens (primary N) is 1. The fourth-order valence-electron chi connectivity index (χ4n) is 4.31. The second kappa shape index (κ2) is 10.5. The van der Waals surface area contributed by atoms with Crippen LogP contribution in [0.15, 0.2) is 24.3 Å². The summed E-state index contributed by atoms with van der Waals surface area (Å²) in [5.41, 5.74) is 6.70. The molecule has 3 atom stereocenters. The van der Waals surface area contributed by atoms with Crippen LogP contribution in [0.4, 0.5) is 10.1 Å². The maximum atomic E-state index is 12.9. The van der Waals surface area contributed by atoms with Crippen LogP contribution in [-0.2, 0) is 9.59 Å². The molecule has 2 bridgehead atoms. The van der Waals surface area contributed by atoms with Crippen LogP contribution in [-0.4, -0.2) is 34.9 Å². The Bertz CT molecular complexity index is 662. The number of benzene rings is 1. The van der Waals surface area contributed by atoms with Gasteiger partial charge in [-0.3, -0.25) is 9.59 Å². The molecule has 0 spiro atoms. The van der Waals surface area contributed by atoms with E-state index < -0.39 is 0 Å². The quantitative estimate of drug-likeness (QED) is 0.647. The number of hydrogen-bond acceptors (Lipinski definition) is 4. The maximum Gasteiger partial charge on any atom is 0.234 e. The van der Waals surface area contributed by atoms with E-state index in [2.05, 4.69) is 10.6 Å². The van der Waals surface area contributed by atoms with Gasteiger partial charge in [0.15, 0.2) is 0 Å². The minimum absolute atomic E-state index is 0. The Morgan fingerprint density at radius 2 is 1.82 bits per heavy atom. The van der Waals surface area contributed by atoms with Crippen molar-refractivity contribution in [2.24, 2.45) is 17.6 Å². The Morgan fingerprint density at radius 1 is 1.21 bits per heavy atom. The molecular weight excluding hydrogens is 401 g/mol. The summed E-state index contributed by atoms with van der Waals surface area (Å²) in [4.78, 5) is 24.6. The van der Waals surface area contributed by atoms with E-state index in [1.54, 1.807) is 0 Å². The van der Waals surface area contributed by atoms with Gasteiger partial charge in [-0.05, 0) is 68.7 Å². The predicted molar refractivity (Wildman–Crippen MR) is 114 cm³/mol. The molecule has 28 heavy (non-hydrogen) atoms. The molecule has 0 saturated heterocycles. The summed E-state index contributed by atoms with van der Waals surface area (Å²) in [6.07, 6.45) is 5.47. The maximum absolute atomic E-state index is 12.9. The highest BCUT2D eigenvalue weighted by Gasteiger charge is 2.40. The molecule has 1 aromatic carbocycles. The highest BCUT2D eigenvalue weighted by atomic mass is 35.5. The van der Waals surface area contributed by atoms with Gasteiger partial charge < -0.3 is 16.4 Å². The van der Waals surface area contributed by atoms with Crippen molar-refractivity contribution in [2.45, 2.75) is 56.4 Å². The molecular formula is C20H29ClFN3O2S. The predicted octanol–water partition coefficient (Wildman–Crippen LogP) is 3.33. The normalized spacial score (nSPS) is 27.2. The number of nitrogens with one attached hydrogen (secondary N) is 2. The molecule has 0 aromatic heterocycles. The molecule has 8 heteroatoms. The molecule has 2 fully saturated rings. The van der Waals surface area contributed by atoms with E-state index in [1.807, 2.05) is 6.92 Å². The van der Waals surface area contributed by atoms with Crippen molar-refractivity contribution in [1.29, 1.82) is 0 Å². The molecule has 3 rings (SSSR count). The first-order chi connectivity index (χ1) is 12.9. The second-order valence-corrected chi connectivity index (χ2v) is 9.05. The van der Waals surface area contributed by atoms with Crippen molar-refractivity contribution in [1.82, 2.24) is 5.32 Å². The molecule has 156 valence electrons. The number of amides is 2. The third-order valence-electron chi connectivity index (χ3n) is 5.65. The first-order valence-electron chi connectivity index (χ1n) is 9.65. The first kappa shape index (κ1) is 23.0. The van der Waals surface area contributed by atoms with Crippen LogP contribution in [0.25, 0.3) is 0 Å². The average molecular weight is 430 g/mol. The molecule has 1 aromatic rings. The number of carbonyl (C=O) groups excluding carboxylic acids is 2. The number of hydrogen-bond donors (Lipinski definition) is 3. The lowest BCUT2D eigenvalue weighted by Gasteiger charge is -2.45. The van der Waals surface area contributed by atoms with Gasteiger partial charge in [-0.2, -0.15) is 0 Å². The number of thioether (sulfide) groups is 1. The highest BCUT2D eigenvalue weighted by molar-refractivity contribution is 8.01. The van der Waals surface area contributed by atoms with Crippen molar-refractivity contribution in [3.63, 3.8) is 0 Å². The Morgan fingerprint density at radius 3 is 2.43 bits per heavy atom. The molecule has 4 N–H and O–H groups in total. The fraction of sp³-hybridized carbons (Fsp3) is 0.600. The Hall–Kier alpha value is -1.31. The van der Waals surface area contributed by atoms with Crippen LogP contribution in [0.1, 0.15) is 39.0 Å². The van der Waals surface area contributed by atoms with E-state index in [9.17, 15) is 14.0 Å². The highest BCUT2D eigenvalue weighted by Crippen LogP contribution is 2.39. The molecule has 0 radical (unpaired) electrons. The molecule has 3 unspecified atom stereocenters. The average Bonchev–Trinajstić information content (AvgIpc) is 2.62. The smallest absolute Gasteiger partial charge is 0.234 e. The minimum Gasteiger partial charge on any atom is -0.352 e. The van der Waals surface area contributed by atoms with E-state index in [-0.39, 0.29) is 53.1 Å². The Balaban J connectivity index is 0.00000280. The molecule has 2 saturated carbocycles. The molecule has 0 aliphatic heterocycles. The number of anilines is 1. The van der Waals surface area contributed by atoms with Crippen molar-refractivity contribution in [3.05, 3.63) is 30.1 Å². The zero-order chi connectivity index (χ0) is 19.4. The van der Waals surface area contributed by atoms with Crippen LogP contribution >= 0.6 is 24.2 Å². The van der Waals surface area contributed by atoms with Crippen LogP contribution in [0.5, 0.6) is 0 Å². The van der Waals surface area contributed by atoms with E-state index >= 15 is 0 Å². The summed E-state index contributed by atoms with van der Waals surface area (Å²) in [5.74, 6) is 0.583. The molecule has 2 amide bonds. The van der Waals surface area contributed by atoms with Crippen molar-refractivity contribution < 1.29 is 14.0 Å². The third-order valence-corrected chi connectivity index (χ3v) is 6.79. The van der Waals surface area contributed by atoms with Gasteiger partial charge in [0.1, 0.15) is 5.82 Å². The molecule has 5 nitrogen and oxygen atoms in total. The fourth-order valence-corrected chi connectivity index (χ4v) is 5.01. The van der Waals surface area contributed by atoms with Crippen molar-refractivity contribution >= 4 is 41.7 Å². The summed E-state index contributed by atoms with van der Waals surface area (Å²) in [7, 11) is 0. The topological polar surface area (TPSA) is 84.2 Å². The van der Waals surface area contributed by atoms with Crippen LogP contribution < -0.4 is 16.4 Å². The summed E-state index contributed by atoms with van der Waals surface area (Å²) in [6.45, 7) is 1.83. The number of carbonyl (C=O) groups is 2. The SMILES string of the molecule is CC(SCC(=O)Nc1ccc(F)cc1)C(=O)NC1C2CCCC1CC(N)C2.Cl. The van der Waals surface area contributed by atoms with E-state index in [4.69, 9.17) is 5.73 Å². The largest absolute Gasteiger partial charge is 0.352 e. The van der Waals surface area contributed by atoms with Crippen LogP contribution in [0.2, 0.25) is 0 Å². The van der Waals surface area contributed by atoms with Gasteiger partial charge in [-0.25, -0.2) is 4.39 Å². The van der Waals surface area contributed by atoms with Gasteiger partial charge >= 0.3 is 0 Å². The number of rotatable bonds is 6. The van der Waals surface area contributed by atoms with E-state index in [0.717, 1.165) is 25.7 Å². The molecule has 0 heterocycles. The van der Waals surface area contributed by atoms with Crippen molar-refractivity contribution in [2.75, 3.05) is 11.1 Å². The summed E-state index contributed by atoms with van der Waals surface area (Å²) in [6, 6.07) is 6.11. The third kappa shape index (κ3) is 6.09. The Labute approximate surface area is 176 Å². The Kier molecular flexibility index (Phi) is 8.58. The molecule has 2 aliphatic carbocycles.